The van der Waals surface area contributed by atoms with Gasteiger partial charge in [-0.2, -0.15) is 0 Å². The second kappa shape index (κ2) is 3.88. The normalized spacial score (nSPS) is 10.3. The van der Waals surface area contributed by atoms with Crippen LogP contribution in [-0.2, 0) is 0 Å². The number of nitrogens with zero attached hydrogens (tertiary/aromatic N) is 1. The van der Waals surface area contributed by atoms with Gasteiger partial charge >= 0.3 is 7.12 Å². The first kappa shape index (κ1) is 9.95. The SMILES string of the molecule is COc1ccnc2c(B(O)O)cccc12. The molecule has 0 amide bonds. The number of ether oxygens (including phenoxy) is 1. The Balaban J connectivity index is 2.76. The molecule has 0 saturated carbocycles. The van der Waals surface area contributed by atoms with Gasteiger partial charge in [-0.25, -0.2) is 0 Å². The third-order valence-corrected chi connectivity index (χ3v) is 2.26. The molecule has 0 saturated heterocycles. The molecule has 76 valence electrons. The Labute approximate surface area is 87.3 Å². The van der Waals surface area contributed by atoms with Crippen molar-refractivity contribution in [2.75, 3.05) is 7.11 Å². The van der Waals surface area contributed by atoms with Crippen molar-refractivity contribution in [2.24, 2.45) is 0 Å². The molecule has 5 heteroatoms. The summed E-state index contributed by atoms with van der Waals surface area (Å²) in [5, 5.41) is 19.1. The summed E-state index contributed by atoms with van der Waals surface area (Å²) in [6.45, 7) is 0. The van der Waals surface area contributed by atoms with Crippen LogP contribution < -0.4 is 10.2 Å². The van der Waals surface area contributed by atoms with Crippen LogP contribution in [0.5, 0.6) is 5.75 Å². The zero-order valence-corrected chi connectivity index (χ0v) is 8.21. The molecule has 0 aliphatic carbocycles. The number of benzene rings is 1. The van der Waals surface area contributed by atoms with Gasteiger partial charge in [-0.1, -0.05) is 12.1 Å². The molecule has 0 unspecified atom stereocenters. The third-order valence-electron chi connectivity index (χ3n) is 2.26. The molecule has 2 aromatic rings. The van der Waals surface area contributed by atoms with Gasteiger partial charge in [0, 0.05) is 17.0 Å². The molecule has 0 aliphatic heterocycles. The van der Waals surface area contributed by atoms with Gasteiger partial charge in [0.1, 0.15) is 5.75 Å². The first-order valence-corrected chi connectivity index (χ1v) is 4.52. The highest BCUT2D eigenvalue weighted by molar-refractivity contribution is 6.61. The maximum atomic E-state index is 9.16. The van der Waals surface area contributed by atoms with Crippen molar-refractivity contribution >= 4 is 23.5 Å². The lowest BCUT2D eigenvalue weighted by atomic mass is 9.79. The Hall–Kier alpha value is -1.59. The summed E-state index contributed by atoms with van der Waals surface area (Å²) in [5.74, 6) is 0.669. The van der Waals surface area contributed by atoms with Crippen LogP contribution >= 0.6 is 0 Å². The number of hydrogen-bond acceptors (Lipinski definition) is 4. The minimum absolute atomic E-state index is 0.381. The number of methoxy groups -OCH3 is 1. The summed E-state index contributed by atoms with van der Waals surface area (Å²) in [7, 11) is 0.0462. The Morgan fingerprint density at radius 2 is 2.07 bits per heavy atom. The minimum Gasteiger partial charge on any atom is -0.496 e. The van der Waals surface area contributed by atoms with Crippen molar-refractivity contribution in [3.05, 3.63) is 30.5 Å². The van der Waals surface area contributed by atoms with Gasteiger partial charge in [-0.3, -0.25) is 4.98 Å². The van der Waals surface area contributed by atoms with Crippen LogP contribution in [-0.4, -0.2) is 29.3 Å². The summed E-state index contributed by atoms with van der Waals surface area (Å²) in [6.07, 6.45) is 1.58. The van der Waals surface area contributed by atoms with Gasteiger partial charge in [-0.05, 0) is 12.1 Å². The smallest absolute Gasteiger partial charge is 0.490 e. The number of aromatic nitrogens is 1. The number of fused-ring (bicyclic) bond motifs is 1. The molecule has 0 fully saturated rings. The molecule has 2 rings (SSSR count). The van der Waals surface area contributed by atoms with Crippen LogP contribution in [0.1, 0.15) is 0 Å². The molecule has 0 spiro atoms. The van der Waals surface area contributed by atoms with Crippen molar-refractivity contribution in [1.29, 1.82) is 0 Å². The lowest BCUT2D eigenvalue weighted by Gasteiger charge is -2.07. The average Bonchev–Trinajstić information content (AvgIpc) is 2.27. The standard InChI is InChI=1S/C10H10BNO3/c1-15-9-5-6-12-10-7(9)3-2-4-8(10)11(13)14/h2-6,13-14H,1H3. The highest BCUT2D eigenvalue weighted by Gasteiger charge is 2.16. The molecule has 0 aliphatic rings. The average molecular weight is 203 g/mol. The van der Waals surface area contributed by atoms with E-state index in [0.717, 1.165) is 5.39 Å². The van der Waals surface area contributed by atoms with E-state index in [1.54, 1.807) is 31.5 Å². The molecular weight excluding hydrogens is 193 g/mol. The number of hydrogen-bond donors (Lipinski definition) is 2. The van der Waals surface area contributed by atoms with Crippen LogP contribution in [0.15, 0.2) is 30.5 Å². The monoisotopic (exact) mass is 203 g/mol. The van der Waals surface area contributed by atoms with E-state index < -0.39 is 7.12 Å². The van der Waals surface area contributed by atoms with Crippen molar-refractivity contribution < 1.29 is 14.8 Å². The summed E-state index contributed by atoms with van der Waals surface area (Å²) < 4.78 is 5.16. The Kier molecular flexibility index (Phi) is 2.57. The van der Waals surface area contributed by atoms with Gasteiger partial charge in [-0.15, -0.1) is 0 Å². The number of pyridine rings is 1. The van der Waals surface area contributed by atoms with E-state index in [2.05, 4.69) is 4.98 Å². The highest BCUT2D eigenvalue weighted by atomic mass is 16.5. The summed E-state index contributed by atoms with van der Waals surface area (Å²) in [6, 6.07) is 6.92. The zero-order valence-electron chi connectivity index (χ0n) is 8.21. The Morgan fingerprint density at radius 1 is 1.27 bits per heavy atom. The molecule has 2 N–H and O–H groups in total. The fraction of sp³-hybridized carbons (Fsp3) is 0.100. The minimum atomic E-state index is -1.52. The second-order valence-corrected chi connectivity index (χ2v) is 3.13. The molecule has 0 atom stereocenters. The van der Waals surface area contributed by atoms with E-state index >= 15 is 0 Å². The lowest BCUT2D eigenvalue weighted by molar-refractivity contribution is 0.419. The van der Waals surface area contributed by atoms with Crippen molar-refractivity contribution in [1.82, 2.24) is 4.98 Å². The topological polar surface area (TPSA) is 62.6 Å². The molecule has 1 aromatic carbocycles. The van der Waals surface area contributed by atoms with E-state index in [9.17, 15) is 0 Å². The predicted molar refractivity (Wildman–Crippen MR) is 58.1 cm³/mol. The summed E-state index contributed by atoms with van der Waals surface area (Å²) in [4.78, 5) is 4.11. The molecule has 4 nitrogen and oxygen atoms in total. The van der Waals surface area contributed by atoms with E-state index in [0.29, 0.717) is 16.7 Å². The Bertz CT molecular complexity index is 487. The summed E-state index contributed by atoms with van der Waals surface area (Å²) >= 11 is 0. The van der Waals surface area contributed by atoms with Crippen LogP contribution in [0.3, 0.4) is 0 Å². The van der Waals surface area contributed by atoms with Crippen LogP contribution in [0.4, 0.5) is 0 Å². The number of rotatable bonds is 2. The largest absolute Gasteiger partial charge is 0.496 e. The summed E-state index contributed by atoms with van der Waals surface area (Å²) in [5.41, 5.74) is 0.929. The first-order valence-electron chi connectivity index (χ1n) is 4.52. The molecule has 0 radical (unpaired) electrons. The van der Waals surface area contributed by atoms with Gasteiger partial charge in [0.15, 0.2) is 0 Å². The van der Waals surface area contributed by atoms with E-state index in [-0.39, 0.29) is 0 Å². The second-order valence-electron chi connectivity index (χ2n) is 3.13. The highest BCUT2D eigenvalue weighted by Crippen LogP contribution is 2.21. The van der Waals surface area contributed by atoms with Gasteiger partial charge in [0.25, 0.3) is 0 Å². The van der Waals surface area contributed by atoms with Gasteiger partial charge in [0.2, 0.25) is 0 Å². The zero-order chi connectivity index (χ0) is 10.8. The van der Waals surface area contributed by atoms with Crippen molar-refractivity contribution in [3.63, 3.8) is 0 Å². The third kappa shape index (κ3) is 1.67. The maximum absolute atomic E-state index is 9.16. The van der Waals surface area contributed by atoms with Crippen LogP contribution in [0.25, 0.3) is 10.9 Å². The molecular formula is C10H10BNO3. The van der Waals surface area contributed by atoms with E-state index in [1.165, 1.54) is 0 Å². The lowest BCUT2D eigenvalue weighted by Crippen LogP contribution is -2.30. The predicted octanol–water partition coefficient (Wildman–Crippen LogP) is -0.0768. The molecule has 1 heterocycles. The van der Waals surface area contributed by atoms with E-state index in [1.807, 2.05) is 6.07 Å². The van der Waals surface area contributed by atoms with Crippen LogP contribution in [0, 0.1) is 0 Å². The van der Waals surface area contributed by atoms with Gasteiger partial charge < -0.3 is 14.8 Å². The van der Waals surface area contributed by atoms with Crippen LogP contribution in [0.2, 0.25) is 0 Å². The van der Waals surface area contributed by atoms with Crippen molar-refractivity contribution in [3.8, 4) is 5.75 Å². The van der Waals surface area contributed by atoms with Crippen molar-refractivity contribution in [2.45, 2.75) is 0 Å². The Morgan fingerprint density at radius 3 is 2.73 bits per heavy atom. The quantitative estimate of drug-likeness (QED) is 0.670. The number of para-hydroxylation sites is 1. The van der Waals surface area contributed by atoms with E-state index in [4.69, 9.17) is 14.8 Å². The fourth-order valence-corrected chi connectivity index (χ4v) is 1.56. The maximum Gasteiger partial charge on any atom is 0.490 e. The first-order chi connectivity index (χ1) is 7.24. The fourth-order valence-electron chi connectivity index (χ4n) is 1.56. The molecule has 0 bridgehead atoms. The molecule has 1 aromatic heterocycles. The molecule has 15 heavy (non-hydrogen) atoms. The van der Waals surface area contributed by atoms with Gasteiger partial charge in [0.05, 0.1) is 12.6 Å².